The quantitative estimate of drug-likeness (QED) is 0.457. The van der Waals surface area contributed by atoms with E-state index < -0.39 is 0 Å². The van der Waals surface area contributed by atoms with Crippen molar-refractivity contribution in [2.75, 3.05) is 0 Å². The third-order valence-corrected chi connectivity index (χ3v) is 4.88. The topological polar surface area (TPSA) is 57.8 Å². The van der Waals surface area contributed by atoms with Crippen molar-refractivity contribution in [3.05, 3.63) is 66.9 Å². The molecule has 0 radical (unpaired) electrons. The number of aromatic nitrogens is 5. The van der Waals surface area contributed by atoms with Gasteiger partial charge in [-0.3, -0.25) is 14.2 Å². The average molecular weight is 369 g/mol. The smallest absolute Gasteiger partial charge is 0.302 e. The normalized spacial score (nSPS) is 11.4. The van der Waals surface area contributed by atoms with Crippen LogP contribution in [0.25, 0.3) is 33.3 Å². The van der Waals surface area contributed by atoms with E-state index in [1.165, 1.54) is 0 Å². The average Bonchev–Trinajstić information content (AvgIpc) is 3.27. The third kappa shape index (κ3) is 2.62. The van der Waals surface area contributed by atoms with E-state index in [2.05, 4.69) is 22.0 Å². The third-order valence-electron chi connectivity index (χ3n) is 4.88. The van der Waals surface area contributed by atoms with Gasteiger partial charge >= 0.3 is 6.01 Å². The molecule has 0 unspecified atom stereocenters. The highest BCUT2D eigenvalue weighted by atomic mass is 16.5. The summed E-state index contributed by atoms with van der Waals surface area (Å²) < 4.78 is 9.96. The first kappa shape index (κ1) is 16.5. The van der Waals surface area contributed by atoms with Gasteiger partial charge in [-0.05, 0) is 55.5 Å². The van der Waals surface area contributed by atoms with E-state index in [0.717, 1.165) is 45.6 Å². The highest BCUT2D eigenvalue weighted by Crippen LogP contribution is 2.30. The van der Waals surface area contributed by atoms with Crippen LogP contribution in [-0.2, 0) is 13.6 Å². The Morgan fingerprint density at radius 1 is 0.929 bits per heavy atom. The maximum atomic E-state index is 6.02. The molecule has 0 bridgehead atoms. The number of fused-ring (bicyclic) bond motifs is 2. The van der Waals surface area contributed by atoms with Crippen LogP contribution in [0.5, 0.6) is 11.8 Å². The molecule has 6 heteroatoms. The van der Waals surface area contributed by atoms with Crippen molar-refractivity contribution in [2.24, 2.45) is 7.05 Å². The van der Waals surface area contributed by atoms with E-state index in [1.807, 2.05) is 77.0 Å². The first-order valence-electron chi connectivity index (χ1n) is 9.26. The largest absolute Gasteiger partial charge is 0.426 e. The Bertz CT molecular complexity index is 1280. The zero-order valence-electron chi connectivity index (χ0n) is 15.7. The fraction of sp³-hybridized carbons (Fsp3) is 0.136. The number of pyridine rings is 1. The second kappa shape index (κ2) is 6.49. The zero-order chi connectivity index (χ0) is 19.1. The number of rotatable bonds is 4. The van der Waals surface area contributed by atoms with Gasteiger partial charge in [0.25, 0.3) is 0 Å². The lowest BCUT2D eigenvalue weighted by Gasteiger charge is -2.08. The van der Waals surface area contributed by atoms with Crippen molar-refractivity contribution < 1.29 is 4.74 Å². The van der Waals surface area contributed by atoms with Crippen molar-refractivity contribution in [3.8, 4) is 23.0 Å². The Hall–Kier alpha value is -3.67. The predicted molar refractivity (Wildman–Crippen MR) is 109 cm³/mol. The molecular weight excluding hydrogens is 350 g/mol. The second-order valence-electron chi connectivity index (χ2n) is 6.60. The molecular formula is C22H19N5O. The zero-order valence-corrected chi connectivity index (χ0v) is 15.7. The molecule has 0 atom stereocenters. The summed E-state index contributed by atoms with van der Waals surface area (Å²) in [7, 11) is 1.96. The summed E-state index contributed by atoms with van der Waals surface area (Å²) >= 11 is 0. The molecule has 0 saturated carbocycles. The Labute approximate surface area is 162 Å². The van der Waals surface area contributed by atoms with Crippen LogP contribution >= 0.6 is 0 Å². The summed E-state index contributed by atoms with van der Waals surface area (Å²) in [4.78, 5) is 9.09. The number of ether oxygens (including phenoxy) is 1. The molecule has 28 heavy (non-hydrogen) atoms. The van der Waals surface area contributed by atoms with Gasteiger partial charge in [0, 0.05) is 25.4 Å². The van der Waals surface area contributed by atoms with Gasteiger partial charge in [0.15, 0.2) is 0 Å². The first-order valence-corrected chi connectivity index (χ1v) is 9.26. The lowest BCUT2D eigenvalue weighted by Crippen LogP contribution is -1.99. The SMILES string of the molecule is CCn1nc2cccnc2c1-c1ccc(Oc2nc3ccccc3n2C)cc1. The molecule has 0 spiro atoms. The number of hydrogen-bond donors (Lipinski definition) is 0. The highest BCUT2D eigenvalue weighted by Gasteiger charge is 2.14. The molecule has 3 heterocycles. The van der Waals surface area contributed by atoms with E-state index in [4.69, 9.17) is 4.74 Å². The lowest BCUT2D eigenvalue weighted by atomic mass is 10.1. The van der Waals surface area contributed by atoms with Crippen molar-refractivity contribution in [3.63, 3.8) is 0 Å². The maximum Gasteiger partial charge on any atom is 0.302 e. The van der Waals surface area contributed by atoms with Gasteiger partial charge in [-0.2, -0.15) is 10.1 Å². The molecule has 0 amide bonds. The molecule has 0 aliphatic carbocycles. The summed E-state index contributed by atoms with van der Waals surface area (Å²) in [5.41, 5.74) is 5.85. The Kier molecular flexibility index (Phi) is 3.83. The van der Waals surface area contributed by atoms with Gasteiger partial charge in [0.05, 0.1) is 16.7 Å². The molecule has 0 fully saturated rings. The van der Waals surface area contributed by atoms with Crippen molar-refractivity contribution in [1.29, 1.82) is 0 Å². The fourth-order valence-corrected chi connectivity index (χ4v) is 3.48. The van der Waals surface area contributed by atoms with Crippen LogP contribution in [0, 0.1) is 0 Å². The lowest BCUT2D eigenvalue weighted by molar-refractivity contribution is 0.428. The maximum absolute atomic E-state index is 6.02. The van der Waals surface area contributed by atoms with E-state index >= 15 is 0 Å². The standard InChI is InChI=1S/C22H19N5O/c1-3-27-21(20-18(25-27)8-6-14-23-20)15-10-12-16(13-11-15)28-22-24-17-7-4-5-9-19(17)26(22)2/h4-14H,3H2,1-2H3. The molecule has 5 rings (SSSR count). The number of para-hydroxylation sites is 2. The van der Waals surface area contributed by atoms with Crippen molar-refractivity contribution in [1.82, 2.24) is 24.3 Å². The minimum absolute atomic E-state index is 0.569. The summed E-state index contributed by atoms with van der Waals surface area (Å²) in [6, 6.07) is 20.4. The Balaban J connectivity index is 1.50. The van der Waals surface area contributed by atoms with Crippen LogP contribution in [0.4, 0.5) is 0 Å². The van der Waals surface area contributed by atoms with Crippen LogP contribution in [0.3, 0.4) is 0 Å². The predicted octanol–water partition coefficient (Wildman–Crippen LogP) is 4.80. The van der Waals surface area contributed by atoms with E-state index in [9.17, 15) is 0 Å². The highest BCUT2D eigenvalue weighted by molar-refractivity contribution is 5.89. The molecule has 0 aliphatic heterocycles. The van der Waals surface area contributed by atoms with Crippen molar-refractivity contribution in [2.45, 2.75) is 13.5 Å². The molecule has 138 valence electrons. The number of imidazole rings is 1. The van der Waals surface area contributed by atoms with E-state index in [-0.39, 0.29) is 0 Å². The second-order valence-corrected chi connectivity index (χ2v) is 6.60. The van der Waals surface area contributed by atoms with E-state index in [0.29, 0.717) is 6.01 Å². The molecule has 0 saturated heterocycles. The Morgan fingerprint density at radius 2 is 1.71 bits per heavy atom. The van der Waals surface area contributed by atoms with Crippen LogP contribution in [0.1, 0.15) is 6.92 Å². The fourth-order valence-electron chi connectivity index (χ4n) is 3.48. The van der Waals surface area contributed by atoms with Crippen LogP contribution in [0.15, 0.2) is 66.9 Å². The van der Waals surface area contributed by atoms with Gasteiger partial charge < -0.3 is 4.74 Å². The first-order chi connectivity index (χ1) is 13.7. The minimum Gasteiger partial charge on any atom is -0.426 e. The van der Waals surface area contributed by atoms with Gasteiger partial charge in [-0.25, -0.2) is 0 Å². The number of benzene rings is 2. The molecule has 3 aromatic heterocycles. The van der Waals surface area contributed by atoms with Crippen LogP contribution in [0.2, 0.25) is 0 Å². The summed E-state index contributed by atoms with van der Waals surface area (Å²) in [6.07, 6.45) is 1.80. The minimum atomic E-state index is 0.569. The molecule has 0 N–H and O–H groups in total. The van der Waals surface area contributed by atoms with E-state index in [1.54, 1.807) is 6.20 Å². The van der Waals surface area contributed by atoms with Gasteiger partial charge in [0.2, 0.25) is 0 Å². The molecule has 6 nitrogen and oxygen atoms in total. The molecule has 2 aromatic carbocycles. The number of hydrogen-bond acceptors (Lipinski definition) is 4. The van der Waals surface area contributed by atoms with Crippen LogP contribution < -0.4 is 4.74 Å². The molecule has 0 aliphatic rings. The van der Waals surface area contributed by atoms with Gasteiger partial charge in [-0.15, -0.1) is 0 Å². The molecule has 5 aromatic rings. The monoisotopic (exact) mass is 369 g/mol. The summed E-state index contributed by atoms with van der Waals surface area (Å²) in [6.45, 7) is 2.86. The van der Waals surface area contributed by atoms with Gasteiger partial charge in [-0.1, -0.05) is 12.1 Å². The summed E-state index contributed by atoms with van der Waals surface area (Å²) in [5, 5.41) is 4.64. The van der Waals surface area contributed by atoms with Crippen LogP contribution in [-0.4, -0.2) is 24.3 Å². The van der Waals surface area contributed by atoms with Crippen molar-refractivity contribution >= 4 is 22.1 Å². The summed E-state index contributed by atoms with van der Waals surface area (Å²) in [5.74, 6) is 0.738. The Morgan fingerprint density at radius 3 is 2.50 bits per heavy atom. The number of nitrogens with zero attached hydrogens (tertiary/aromatic N) is 5. The number of aryl methyl sites for hydroxylation is 2. The van der Waals surface area contributed by atoms with Gasteiger partial charge in [0.1, 0.15) is 16.8 Å².